The summed E-state index contributed by atoms with van der Waals surface area (Å²) in [5, 5.41) is 0. The Kier molecular flexibility index (Phi) is 4.98. The summed E-state index contributed by atoms with van der Waals surface area (Å²) in [6.45, 7) is 11.9. The third-order valence-electron chi connectivity index (χ3n) is 5.04. The maximum absolute atomic E-state index is 5.83. The number of rotatable bonds is 8. The second-order valence-electron chi connectivity index (χ2n) is 7.12. The molecule has 0 N–H and O–H groups in total. The molecule has 1 heterocycles. The van der Waals surface area contributed by atoms with Crippen LogP contribution in [0.4, 0.5) is 0 Å². The summed E-state index contributed by atoms with van der Waals surface area (Å²) in [6.07, 6.45) is 4.53. The molecule has 0 amide bonds. The Hall–Kier alpha value is -1.02. The van der Waals surface area contributed by atoms with Gasteiger partial charge in [-0.05, 0) is 70.1 Å². The van der Waals surface area contributed by atoms with Crippen LogP contribution in [0.25, 0.3) is 0 Å². The largest absolute Gasteiger partial charge is 0.494 e. The van der Waals surface area contributed by atoms with Crippen LogP contribution in [0.1, 0.15) is 59.4 Å². The molecule has 1 aromatic rings. The monoisotopic (exact) mass is 290 g/mol. The molecule has 1 aromatic carbocycles. The van der Waals surface area contributed by atoms with Gasteiger partial charge in [-0.15, -0.1) is 0 Å². The zero-order chi connectivity index (χ0) is 15.5. The summed E-state index contributed by atoms with van der Waals surface area (Å²) in [6, 6.07) is 8.44. The second-order valence-corrected chi connectivity index (χ2v) is 7.12. The average Bonchev–Trinajstić information content (AvgIpc) is 2.96. The van der Waals surface area contributed by atoms with Crippen molar-refractivity contribution in [2.75, 3.05) is 6.61 Å². The van der Waals surface area contributed by atoms with E-state index in [0.717, 1.165) is 31.6 Å². The minimum Gasteiger partial charge on any atom is -0.494 e. The van der Waals surface area contributed by atoms with Crippen LogP contribution in [0.3, 0.4) is 0 Å². The molecule has 118 valence electrons. The molecule has 0 spiro atoms. The maximum Gasteiger partial charge on any atom is 0.119 e. The summed E-state index contributed by atoms with van der Waals surface area (Å²) in [4.78, 5) is 0. The third-order valence-corrected chi connectivity index (χ3v) is 5.04. The van der Waals surface area contributed by atoms with Gasteiger partial charge in [-0.2, -0.15) is 0 Å². The first kappa shape index (κ1) is 16.4. The van der Waals surface area contributed by atoms with Crippen LogP contribution in [-0.4, -0.2) is 17.8 Å². The fourth-order valence-electron chi connectivity index (χ4n) is 2.76. The van der Waals surface area contributed by atoms with Gasteiger partial charge in [-0.1, -0.05) is 26.0 Å². The summed E-state index contributed by atoms with van der Waals surface area (Å²) >= 11 is 0. The molecule has 0 saturated carbocycles. The van der Waals surface area contributed by atoms with E-state index in [1.165, 1.54) is 12.0 Å². The van der Waals surface area contributed by atoms with Gasteiger partial charge in [-0.25, -0.2) is 0 Å². The topological polar surface area (TPSA) is 21.8 Å². The molecule has 2 heteroatoms. The lowest BCUT2D eigenvalue weighted by Crippen LogP contribution is -2.17. The van der Waals surface area contributed by atoms with Crippen molar-refractivity contribution in [3.8, 4) is 5.75 Å². The number of hydrogen-bond donors (Lipinski definition) is 0. The van der Waals surface area contributed by atoms with Crippen molar-refractivity contribution in [2.24, 2.45) is 5.92 Å². The summed E-state index contributed by atoms with van der Waals surface area (Å²) in [5.41, 5.74) is 1.53. The van der Waals surface area contributed by atoms with Gasteiger partial charge in [0.2, 0.25) is 0 Å². The Morgan fingerprint density at radius 1 is 1.10 bits per heavy atom. The molecule has 2 unspecified atom stereocenters. The van der Waals surface area contributed by atoms with Gasteiger partial charge in [-0.3, -0.25) is 0 Å². The molecule has 0 aromatic heterocycles. The van der Waals surface area contributed by atoms with E-state index >= 15 is 0 Å². The Morgan fingerprint density at radius 2 is 1.71 bits per heavy atom. The lowest BCUT2D eigenvalue weighted by molar-refractivity contribution is 0.248. The van der Waals surface area contributed by atoms with E-state index in [0.29, 0.717) is 5.92 Å². The minimum absolute atomic E-state index is 0.0737. The third kappa shape index (κ3) is 4.23. The van der Waals surface area contributed by atoms with Crippen molar-refractivity contribution in [1.82, 2.24) is 0 Å². The maximum atomic E-state index is 5.83. The second kappa shape index (κ2) is 6.39. The van der Waals surface area contributed by atoms with Crippen molar-refractivity contribution < 1.29 is 9.47 Å². The molecule has 1 saturated heterocycles. The van der Waals surface area contributed by atoms with Gasteiger partial charge >= 0.3 is 0 Å². The lowest BCUT2D eigenvalue weighted by atomic mass is 9.89. The Morgan fingerprint density at radius 3 is 2.24 bits per heavy atom. The summed E-state index contributed by atoms with van der Waals surface area (Å²) in [5.74, 6) is 1.66. The van der Waals surface area contributed by atoms with E-state index in [1.807, 2.05) is 0 Å². The van der Waals surface area contributed by atoms with E-state index in [-0.39, 0.29) is 11.2 Å². The lowest BCUT2D eigenvalue weighted by Gasteiger charge is -2.15. The highest BCUT2D eigenvalue weighted by atomic mass is 16.6. The highest BCUT2D eigenvalue weighted by molar-refractivity contribution is 5.27. The highest BCUT2D eigenvalue weighted by Gasteiger charge is 2.59. The van der Waals surface area contributed by atoms with Crippen LogP contribution in [-0.2, 0) is 11.2 Å². The zero-order valence-corrected chi connectivity index (χ0v) is 14.2. The fraction of sp³-hybridized carbons (Fsp3) is 0.684. The first-order valence-corrected chi connectivity index (χ1v) is 8.28. The molecule has 0 aliphatic carbocycles. The van der Waals surface area contributed by atoms with Crippen LogP contribution < -0.4 is 4.74 Å². The van der Waals surface area contributed by atoms with E-state index in [4.69, 9.17) is 9.47 Å². The van der Waals surface area contributed by atoms with Crippen LogP contribution in [0.15, 0.2) is 24.3 Å². The van der Waals surface area contributed by atoms with Gasteiger partial charge in [0.15, 0.2) is 0 Å². The van der Waals surface area contributed by atoms with Crippen molar-refractivity contribution in [1.29, 1.82) is 0 Å². The first-order valence-electron chi connectivity index (χ1n) is 8.28. The first-order chi connectivity index (χ1) is 9.86. The van der Waals surface area contributed by atoms with Crippen LogP contribution in [0, 0.1) is 5.92 Å². The van der Waals surface area contributed by atoms with Gasteiger partial charge in [0.25, 0.3) is 0 Å². The molecule has 2 nitrogen and oxygen atoms in total. The van der Waals surface area contributed by atoms with Gasteiger partial charge in [0, 0.05) is 0 Å². The van der Waals surface area contributed by atoms with E-state index in [9.17, 15) is 0 Å². The van der Waals surface area contributed by atoms with Crippen molar-refractivity contribution in [3.05, 3.63) is 29.8 Å². The predicted molar refractivity (Wildman–Crippen MR) is 87.9 cm³/mol. The van der Waals surface area contributed by atoms with Crippen LogP contribution in [0.5, 0.6) is 5.75 Å². The number of aryl methyl sites for hydroxylation is 1. The number of epoxide rings is 1. The number of benzene rings is 1. The van der Waals surface area contributed by atoms with Crippen molar-refractivity contribution in [3.63, 3.8) is 0 Å². The van der Waals surface area contributed by atoms with Crippen molar-refractivity contribution >= 4 is 0 Å². The van der Waals surface area contributed by atoms with Crippen LogP contribution in [0.2, 0.25) is 0 Å². The molecular weight excluding hydrogens is 260 g/mol. The fourth-order valence-corrected chi connectivity index (χ4v) is 2.76. The molecule has 1 aliphatic rings. The highest BCUT2D eigenvalue weighted by Crippen LogP contribution is 2.50. The van der Waals surface area contributed by atoms with Gasteiger partial charge in [0.05, 0.1) is 17.8 Å². The molecule has 1 aliphatic heterocycles. The Balaban J connectivity index is 1.64. The Bertz CT molecular complexity index is 449. The molecule has 2 atom stereocenters. The molecule has 0 bridgehead atoms. The van der Waals surface area contributed by atoms with Crippen molar-refractivity contribution in [2.45, 2.75) is 71.5 Å². The molecule has 2 rings (SSSR count). The van der Waals surface area contributed by atoms with Gasteiger partial charge < -0.3 is 9.47 Å². The smallest absolute Gasteiger partial charge is 0.119 e. The summed E-state index contributed by atoms with van der Waals surface area (Å²) in [7, 11) is 0. The number of hydrogen-bond acceptors (Lipinski definition) is 2. The molecule has 0 radical (unpaired) electrons. The minimum atomic E-state index is 0.0737. The van der Waals surface area contributed by atoms with Crippen LogP contribution >= 0.6 is 0 Å². The Labute approximate surface area is 129 Å². The summed E-state index contributed by atoms with van der Waals surface area (Å²) < 4.78 is 11.6. The van der Waals surface area contributed by atoms with E-state index < -0.39 is 0 Å². The van der Waals surface area contributed by atoms with E-state index in [1.54, 1.807) is 0 Å². The predicted octanol–water partition coefficient (Wildman–Crippen LogP) is 5.00. The molecule has 1 fully saturated rings. The van der Waals surface area contributed by atoms with E-state index in [2.05, 4.69) is 58.9 Å². The molecular formula is C19H30O2. The quantitative estimate of drug-likeness (QED) is 0.628. The van der Waals surface area contributed by atoms with Gasteiger partial charge in [0.1, 0.15) is 5.75 Å². The molecule has 21 heavy (non-hydrogen) atoms. The normalized spacial score (nSPS) is 24.6. The average molecular weight is 290 g/mol. The SMILES string of the molecule is CCc1ccc(OCCC(C)CCC2(C)OC2(C)C)cc1. The standard InChI is InChI=1S/C19H30O2/c1-6-16-7-9-17(10-8-16)20-14-12-15(2)11-13-19(5)18(3,4)21-19/h7-10,15H,6,11-14H2,1-5H3. The zero-order valence-electron chi connectivity index (χ0n) is 14.2. The number of ether oxygens (including phenoxy) is 2.